The second kappa shape index (κ2) is 9.03. The molecule has 0 saturated carbocycles. The van der Waals surface area contributed by atoms with Crippen molar-refractivity contribution in [1.29, 1.82) is 5.26 Å². The van der Waals surface area contributed by atoms with Gasteiger partial charge in [-0.25, -0.2) is 28.4 Å². The molecule has 4 heterocycles. The lowest BCUT2D eigenvalue weighted by atomic mass is 10.2. The van der Waals surface area contributed by atoms with Gasteiger partial charge in [-0.3, -0.25) is 0 Å². The minimum Gasteiger partial charge on any atom is -0.352 e. The molecule has 0 unspecified atom stereocenters. The van der Waals surface area contributed by atoms with E-state index in [2.05, 4.69) is 35.6 Å². The third-order valence-corrected chi connectivity index (χ3v) is 6.96. The van der Waals surface area contributed by atoms with Gasteiger partial charge >= 0.3 is 0 Å². The maximum atomic E-state index is 12.8. The van der Waals surface area contributed by atoms with Crippen molar-refractivity contribution < 1.29 is 8.42 Å². The Labute approximate surface area is 213 Å². The SMILES string of the molecule is Cc1nc2c(Nc3ccc(-c4ncc(C)n4C)cc3S(C)(=O)=O)cc(Nc3cccc(C#N)n3)nc2[nH]1. The number of aromatic nitrogens is 6. The molecule has 0 aliphatic heterocycles. The van der Waals surface area contributed by atoms with Crippen molar-refractivity contribution in [3.8, 4) is 17.5 Å². The van der Waals surface area contributed by atoms with E-state index in [1.807, 2.05) is 37.6 Å². The molecule has 5 aromatic rings. The minimum atomic E-state index is -3.60. The zero-order valence-corrected chi connectivity index (χ0v) is 21.3. The maximum Gasteiger partial charge on any atom is 0.177 e. The second-order valence-corrected chi connectivity index (χ2v) is 10.6. The summed E-state index contributed by atoms with van der Waals surface area (Å²) in [6.07, 6.45) is 2.91. The molecule has 1 aromatic carbocycles. The van der Waals surface area contributed by atoms with E-state index < -0.39 is 9.84 Å². The molecule has 37 heavy (non-hydrogen) atoms. The number of nitrogens with one attached hydrogen (secondary N) is 3. The third-order valence-electron chi connectivity index (χ3n) is 5.82. The molecule has 0 radical (unpaired) electrons. The van der Waals surface area contributed by atoms with Gasteiger partial charge in [0.25, 0.3) is 0 Å². The zero-order chi connectivity index (χ0) is 26.3. The van der Waals surface area contributed by atoms with Crippen molar-refractivity contribution in [1.82, 2.24) is 29.5 Å². The standard InChI is InChI=1S/C25H23N9O2S/c1-14-13-27-25(34(14)3)16-8-9-18(20(10-16)37(4,35)36)31-19-11-22(33-24-23(19)28-15(2)29-24)32-21-7-5-6-17(12-26)30-21/h5-11,13H,1-4H3,(H3,28,29,30,31,32,33). The summed E-state index contributed by atoms with van der Waals surface area (Å²) in [6, 6.07) is 13.9. The molecule has 0 spiro atoms. The Morgan fingerprint density at radius 1 is 1.00 bits per heavy atom. The Morgan fingerprint density at radius 3 is 2.51 bits per heavy atom. The van der Waals surface area contributed by atoms with Gasteiger partial charge in [-0.2, -0.15) is 5.26 Å². The van der Waals surface area contributed by atoms with Crippen LogP contribution < -0.4 is 10.6 Å². The summed E-state index contributed by atoms with van der Waals surface area (Å²) in [7, 11) is -1.72. The van der Waals surface area contributed by atoms with Crippen molar-refractivity contribution in [3.05, 3.63) is 65.9 Å². The van der Waals surface area contributed by atoms with Crippen molar-refractivity contribution in [3.63, 3.8) is 0 Å². The quantitative estimate of drug-likeness (QED) is 0.304. The Morgan fingerprint density at radius 2 is 1.81 bits per heavy atom. The predicted molar refractivity (Wildman–Crippen MR) is 141 cm³/mol. The van der Waals surface area contributed by atoms with E-state index in [-0.39, 0.29) is 10.6 Å². The number of aryl methyl sites for hydroxylation is 2. The molecule has 186 valence electrons. The van der Waals surface area contributed by atoms with Gasteiger partial charge in [0.15, 0.2) is 15.5 Å². The highest BCUT2D eigenvalue weighted by Gasteiger charge is 2.19. The van der Waals surface area contributed by atoms with Gasteiger partial charge < -0.3 is 20.2 Å². The van der Waals surface area contributed by atoms with E-state index in [0.717, 1.165) is 5.69 Å². The first-order chi connectivity index (χ1) is 17.6. The number of nitrogens with zero attached hydrogens (tertiary/aromatic N) is 6. The summed E-state index contributed by atoms with van der Waals surface area (Å²) in [6.45, 7) is 3.74. The van der Waals surface area contributed by atoms with E-state index >= 15 is 0 Å². The molecule has 0 fully saturated rings. The van der Waals surface area contributed by atoms with Crippen LogP contribution in [0.5, 0.6) is 0 Å². The van der Waals surface area contributed by atoms with Crippen LogP contribution in [0.15, 0.2) is 53.6 Å². The highest BCUT2D eigenvalue weighted by Crippen LogP contribution is 2.33. The molecule has 12 heteroatoms. The molecule has 0 saturated heterocycles. The van der Waals surface area contributed by atoms with Crippen molar-refractivity contribution >= 4 is 44.0 Å². The number of hydrogen-bond donors (Lipinski definition) is 3. The molecule has 3 N–H and O–H groups in total. The molecule has 0 aliphatic rings. The van der Waals surface area contributed by atoms with Crippen LogP contribution in [0.25, 0.3) is 22.6 Å². The number of rotatable bonds is 6. The fourth-order valence-corrected chi connectivity index (χ4v) is 4.80. The first kappa shape index (κ1) is 24.0. The predicted octanol–water partition coefficient (Wildman–Crippen LogP) is 4.13. The van der Waals surface area contributed by atoms with Gasteiger partial charge in [0, 0.05) is 36.8 Å². The monoisotopic (exact) mass is 513 g/mol. The fourth-order valence-electron chi connectivity index (χ4n) is 3.94. The van der Waals surface area contributed by atoms with Crippen LogP contribution in [-0.4, -0.2) is 44.2 Å². The molecule has 5 rings (SSSR count). The van der Waals surface area contributed by atoms with Crippen molar-refractivity contribution in [2.45, 2.75) is 18.7 Å². The third kappa shape index (κ3) is 4.72. The van der Waals surface area contributed by atoms with E-state index in [0.29, 0.717) is 51.4 Å². The molecule has 0 amide bonds. The summed E-state index contributed by atoms with van der Waals surface area (Å²) < 4.78 is 27.5. The fraction of sp³-hybridized carbons (Fsp3) is 0.160. The van der Waals surface area contributed by atoms with Gasteiger partial charge in [0.2, 0.25) is 0 Å². The summed E-state index contributed by atoms with van der Waals surface area (Å²) in [5.41, 5.74) is 3.89. The number of imidazole rings is 2. The van der Waals surface area contributed by atoms with Crippen molar-refractivity contribution in [2.24, 2.45) is 7.05 Å². The van der Waals surface area contributed by atoms with Crippen LogP contribution >= 0.6 is 0 Å². The van der Waals surface area contributed by atoms with Crippen LogP contribution in [0, 0.1) is 25.2 Å². The summed E-state index contributed by atoms with van der Waals surface area (Å²) in [4.78, 5) is 21.0. The topological polar surface area (TPSA) is 154 Å². The average Bonchev–Trinajstić information content (AvgIpc) is 3.40. The highest BCUT2D eigenvalue weighted by molar-refractivity contribution is 7.90. The number of sulfone groups is 1. The molecule has 0 atom stereocenters. The molecule has 11 nitrogen and oxygen atoms in total. The van der Waals surface area contributed by atoms with Crippen molar-refractivity contribution in [2.75, 3.05) is 16.9 Å². The van der Waals surface area contributed by atoms with E-state index in [1.165, 1.54) is 6.26 Å². The van der Waals surface area contributed by atoms with Crippen LogP contribution in [0.2, 0.25) is 0 Å². The Kier molecular flexibility index (Phi) is 5.85. The van der Waals surface area contributed by atoms with Gasteiger partial charge in [-0.15, -0.1) is 0 Å². The number of hydrogen-bond acceptors (Lipinski definition) is 9. The number of pyridine rings is 2. The zero-order valence-electron chi connectivity index (χ0n) is 20.5. The van der Waals surface area contributed by atoms with Crippen LogP contribution in [0.4, 0.5) is 23.0 Å². The second-order valence-electron chi connectivity index (χ2n) is 8.61. The summed E-state index contributed by atoms with van der Waals surface area (Å²) in [5, 5.41) is 15.5. The Balaban J connectivity index is 1.59. The number of nitriles is 1. The molecular formula is C25H23N9O2S. The van der Waals surface area contributed by atoms with E-state index in [9.17, 15) is 8.42 Å². The average molecular weight is 514 g/mol. The Bertz CT molecular complexity index is 1810. The first-order valence-electron chi connectivity index (χ1n) is 11.2. The van der Waals surface area contributed by atoms with Gasteiger partial charge in [0.05, 0.1) is 16.3 Å². The van der Waals surface area contributed by atoms with Gasteiger partial charge in [0.1, 0.15) is 40.6 Å². The smallest absolute Gasteiger partial charge is 0.177 e. The number of H-pyrrole nitrogens is 1. The maximum absolute atomic E-state index is 12.8. The Hall–Kier alpha value is -4.76. The summed E-state index contributed by atoms with van der Waals surface area (Å²) >= 11 is 0. The lowest BCUT2D eigenvalue weighted by Crippen LogP contribution is -2.05. The molecular weight excluding hydrogens is 490 g/mol. The number of benzene rings is 1. The molecule has 4 aromatic heterocycles. The molecule has 0 aliphatic carbocycles. The number of fused-ring (bicyclic) bond motifs is 1. The minimum absolute atomic E-state index is 0.126. The van der Waals surface area contributed by atoms with Crippen LogP contribution in [0.1, 0.15) is 17.2 Å². The van der Waals surface area contributed by atoms with E-state index in [4.69, 9.17) is 5.26 Å². The number of aromatic amines is 1. The lowest BCUT2D eigenvalue weighted by molar-refractivity contribution is 0.602. The lowest BCUT2D eigenvalue weighted by Gasteiger charge is -2.14. The van der Waals surface area contributed by atoms with Gasteiger partial charge in [-0.1, -0.05) is 6.07 Å². The number of anilines is 4. The largest absolute Gasteiger partial charge is 0.352 e. The van der Waals surface area contributed by atoms with Gasteiger partial charge in [-0.05, 0) is 44.2 Å². The highest BCUT2D eigenvalue weighted by atomic mass is 32.2. The molecule has 0 bridgehead atoms. The van der Waals surface area contributed by atoms with Crippen LogP contribution in [-0.2, 0) is 16.9 Å². The van der Waals surface area contributed by atoms with E-state index in [1.54, 1.807) is 42.6 Å². The normalized spacial score (nSPS) is 11.4. The van der Waals surface area contributed by atoms with Crippen LogP contribution in [0.3, 0.4) is 0 Å². The first-order valence-corrected chi connectivity index (χ1v) is 13.1. The summed E-state index contributed by atoms with van der Waals surface area (Å²) in [5.74, 6) is 2.19.